The van der Waals surface area contributed by atoms with Crippen molar-refractivity contribution in [2.75, 3.05) is 13.2 Å². The van der Waals surface area contributed by atoms with Crippen LogP contribution in [0.1, 0.15) is 12.8 Å². The van der Waals surface area contributed by atoms with E-state index in [1.54, 1.807) is 0 Å². The summed E-state index contributed by atoms with van der Waals surface area (Å²) in [6.07, 6.45) is 1.48. The molecule has 1 rings (SSSR count). The van der Waals surface area contributed by atoms with Crippen molar-refractivity contribution >= 4 is 5.91 Å². The normalized spacial score (nSPS) is 26.4. The van der Waals surface area contributed by atoms with E-state index in [9.17, 15) is 4.79 Å². The van der Waals surface area contributed by atoms with Crippen molar-refractivity contribution in [1.82, 2.24) is 0 Å². The van der Waals surface area contributed by atoms with Crippen molar-refractivity contribution in [2.24, 2.45) is 11.7 Å². The minimum absolute atomic E-state index is 0.217. The van der Waals surface area contributed by atoms with Gasteiger partial charge in [0.05, 0.1) is 0 Å². The van der Waals surface area contributed by atoms with E-state index < -0.39 is 0 Å². The standard InChI is InChI=1S/C6H11NO2/c7-6(8)3-5-1-2-9-4-5/h5H,1-4H2,(H2,7,8)/t5-/m0/s1. The lowest BCUT2D eigenvalue weighted by Gasteiger charge is -2.00. The molecule has 0 radical (unpaired) electrons. The molecule has 1 aliphatic rings. The van der Waals surface area contributed by atoms with Crippen LogP contribution in [0.4, 0.5) is 0 Å². The summed E-state index contributed by atoms with van der Waals surface area (Å²) in [5.41, 5.74) is 4.98. The van der Waals surface area contributed by atoms with Crippen LogP contribution in [0.5, 0.6) is 0 Å². The predicted molar refractivity (Wildman–Crippen MR) is 32.7 cm³/mol. The Balaban J connectivity index is 2.19. The summed E-state index contributed by atoms with van der Waals surface area (Å²) in [4.78, 5) is 10.3. The second kappa shape index (κ2) is 2.82. The van der Waals surface area contributed by atoms with Gasteiger partial charge >= 0.3 is 0 Å². The molecule has 3 nitrogen and oxygen atoms in total. The Morgan fingerprint density at radius 2 is 2.56 bits per heavy atom. The summed E-state index contributed by atoms with van der Waals surface area (Å²) in [5.74, 6) is 0.174. The van der Waals surface area contributed by atoms with Crippen LogP contribution in [-0.2, 0) is 9.53 Å². The molecule has 9 heavy (non-hydrogen) atoms. The monoisotopic (exact) mass is 129 g/mol. The molecule has 52 valence electrons. The van der Waals surface area contributed by atoms with Gasteiger partial charge in [0.1, 0.15) is 0 Å². The number of ether oxygens (including phenoxy) is 1. The first kappa shape index (κ1) is 6.55. The maximum Gasteiger partial charge on any atom is 0.217 e. The molecule has 2 N–H and O–H groups in total. The Kier molecular flexibility index (Phi) is 2.05. The number of amides is 1. The van der Waals surface area contributed by atoms with Crippen molar-refractivity contribution in [3.63, 3.8) is 0 Å². The molecule has 0 bridgehead atoms. The first-order valence-corrected chi connectivity index (χ1v) is 3.15. The van der Waals surface area contributed by atoms with Crippen molar-refractivity contribution < 1.29 is 9.53 Å². The van der Waals surface area contributed by atoms with Crippen LogP contribution < -0.4 is 5.73 Å². The van der Waals surface area contributed by atoms with Crippen LogP contribution >= 0.6 is 0 Å². The van der Waals surface area contributed by atoms with E-state index in [0.717, 1.165) is 13.0 Å². The second-order valence-electron chi connectivity index (χ2n) is 2.40. The molecular weight excluding hydrogens is 118 g/mol. The molecule has 1 fully saturated rings. The first-order chi connectivity index (χ1) is 4.29. The minimum atomic E-state index is -0.217. The van der Waals surface area contributed by atoms with Crippen molar-refractivity contribution in [2.45, 2.75) is 12.8 Å². The second-order valence-corrected chi connectivity index (χ2v) is 2.40. The molecule has 0 saturated carbocycles. The minimum Gasteiger partial charge on any atom is -0.381 e. The Morgan fingerprint density at radius 3 is 3.00 bits per heavy atom. The highest BCUT2D eigenvalue weighted by molar-refractivity contribution is 5.74. The Morgan fingerprint density at radius 1 is 1.78 bits per heavy atom. The van der Waals surface area contributed by atoms with Gasteiger partial charge in [-0.05, 0) is 12.3 Å². The zero-order valence-electron chi connectivity index (χ0n) is 5.30. The molecule has 1 heterocycles. The summed E-state index contributed by atoms with van der Waals surface area (Å²) in [7, 11) is 0. The molecule has 1 atom stereocenters. The van der Waals surface area contributed by atoms with E-state index in [1.165, 1.54) is 0 Å². The summed E-state index contributed by atoms with van der Waals surface area (Å²) in [6, 6.07) is 0. The highest BCUT2D eigenvalue weighted by Gasteiger charge is 2.16. The van der Waals surface area contributed by atoms with Crippen LogP contribution in [0.25, 0.3) is 0 Å². The van der Waals surface area contributed by atoms with E-state index in [1.807, 2.05) is 0 Å². The number of hydrogen-bond donors (Lipinski definition) is 1. The van der Waals surface area contributed by atoms with E-state index in [4.69, 9.17) is 10.5 Å². The van der Waals surface area contributed by atoms with Gasteiger partial charge in [0, 0.05) is 19.6 Å². The zero-order chi connectivity index (χ0) is 6.69. The topological polar surface area (TPSA) is 52.3 Å². The van der Waals surface area contributed by atoms with Crippen LogP contribution in [0, 0.1) is 5.92 Å². The number of carbonyl (C=O) groups excluding carboxylic acids is 1. The van der Waals surface area contributed by atoms with Crippen molar-refractivity contribution in [1.29, 1.82) is 0 Å². The van der Waals surface area contributed by atoms with Gasteiger partial charge in [-0.25, -0.2) is 0 Å². The van der Waals surface area contributed by atoms with Gasteiger partial charge in [0.2, 0.25) is 5.91 Å². The number of carbonyl (C=O) groups is 1. The molecular formula is C6H11NO2. The average molecular weight is 129 g/mol. The molecule has 1 saturated heterocycles. The van der Waals surface area contributed by atoms with Gasteiger partial charge < -0.3 is 10.5 Å². The molecule has 0 aromatic heterocycles. The molecule has 3 heteroatoms. The van der Waals surface area contributed by atoms with Crippen LogP contribution in [-0.4, -0.2) is 19.1 Å². The van der Waals surface area contributed by atoms with Gasteiger partial charge in [-0.1, -0.05) is 0 Å². The third-order valence-electron chi connectivity index (χ3n) is 1.51. The maximum absolute atomic E-state index is 10.3. The van der Waals surface area contributed by atoms with Gasteiger partial charge in [-0.15, -0.1) is 0 Å². The van der Waals surface area contributed by atoms with E-state index in [0.29, 0.717) is 18.9 Å². The van der Waals surface area contributed by atoms with Gasteiger partial charge in [-0.2, -0.15) is 0 Å². The smallest absolute Gasteiger partial charge is 0.217 e. The molecule has 1 aliphatic heterocycles. The van der Waals surface area contributed by atoms with E-state index >= 15 is 0 Å². The molecule has 0 spiro atoms. The highest BCUT2D eigenvalue weighted by atomic mass is 16.5. The quantitative estimate of drug-likeness (QED) is 0.566. The van der Waals surface area contributed by atoms with Crippen LogP contribution in [0.3, 0.4) is 0 Å². The Bertz CT molecular complexity index is 108. The van der Waals surface area contributed by atoms with Crippen molar-refractivity contribution in [3.8, 4) is 0 Å². The third kappa shape index (κ3) is 2.01. The van der Waals surface area contributed by atoms with Gasteiger partial charge in [-0.3, -0.25) is 4.79 Å². The Hall–Kier alpha value is -0.570. The lowest BCUT2D eigenvalue weighted by Crippen LogP contribution is -2.16. The van der Waals surface area contributed by atoms with Crippen LogP contribution in [0.2, 0.25) is 0 Å². The van der Waals surface area contributed by atoms with E-state index in [-0.39, 0.29) is 5.91 Å². The fraction of sp³-hybridized carbons (Fsp3) is 0.833. The molecule has 0 unspecified atom stereocenters. The summed E-state index contributed by atoms with van der Waals surface area (Å²) in [5, 5.41) is 0. The predicted octanol–water partition coefficient (Wildman–Crippen LogP) is -0.102. The van der Waals surface area contributed by atoms with Crippen LogP contribution in [0.15, 0.2) is 0 Å². The third-order valence-corrected chi connectivity index (χ3v) is 1.51. The summed E-state index contributed by atoms with van der Waals surface area (Å²) in [6.45, 7) is 1.50. The molecule has 0 aromatic carbocycles. The largest absolute Gasteiger partial charge is 0.381 e. The molecule has 1 amide bonds. The van der Waals surface area contributed by atoms with Gasteiger partial charge in [0.25, 0.3) is 0 Å². The lowest BCUT2D eigenvalue weighted by atomic mass is 10.1. The maximum atomic E-state index is 10.3. The summed E-state index contributed by atoms with van der Waals surface area (Å²) >= 11 is 0. The molecule has 0 aromatic rings. The first-order valence-electron chi connectivity index (χ1n) is 3.15. The zero-order valence-corrected chi connectivity index (χ0v) is 5.30. The summed E-state index contributed by atoms with van der Waals surface area (Å²) < 4.78 is 5.05. The number of primary amides is 1. The number of hydrogen-bond acceptors (Lipinski definition) is 2. The number of nitrogens with two attached hydrogens (primary N) is 1. The average Bonchev–Trinajstić information content (AvgIpc) is 2.15. The number of rotatable bonds is 2. The highest BCUT2D eigenvalue weighted by Crippen LogP contribution is 2.14. The SMILES string of the molecule is NC(=O)C[C@@H]1CCOC1. The Labute approximate surface area is 54.2 Å². The fourth-order valence-corrected chi connectivity index (χ4v) is 1.03. The van der Waals surface area contributed by atoms with E-state index in [2.05, 4.69) is 0 Å². The lowest BCUT2D eigenvalue weighted by molar-refractivity contribution is -0.118. The van der Waals surface area contributed by atoms with Crippen molar-refractivity contribution in [3.05, 3.63) is 0 Å². The van der Waals surface area contributed by atoms with Gasteiger partial charge in [0.15, 0.2) is 0 Å². The molecule has 0 aliphatic carbocycles. The fourth-order valence-electron chi connectivity index (χ4n) is 1.03.